The second kappa shape index (κ2) is 12.2. The maximum Gasteiger partial charge on any atom is 0.253 e. The van der Waals surface area contributed by atoms with Crippen molar-refractivity contribution in [3.05, 3.63) is 59.2 Å². The fourth-order valence-electron chi connectivity index (χ4n) is 2.53. The lowest BCUT2D eigenvalue weighted by Crippen LogP contribution is -2.36. The number of ether oxygens (including phenoxy) is 1. The van der Waals surface area contributed by atoms with Crippen LogP contribution in [0, 0.1) is 0 Å². The van der Waals surface area contributed by atoms with Crippen LogP contribution in [0.5, 0.6) is 11.5 Å². The highest BCUT2D eigenvalue weighted by Crippen LogP contribution is 2.22. The van der Waals surface area contributed by atoms with Gasteiger partial charge in [-0.1, -0.05) is 12.1 Å². The molecule has 0 aliphatic carbocycles. The van der Waals surface area contributed by atoms with Crippen molar-refractivity contribution < 1.29 is 14.6 Å². The van der Waals surface area contributed by atoms with E-state index in [2.05, 4.69) is 15.6 Å². The molecule has 2 rings (SSSR count). The molecule has 0 aliphatic heterocycles. The number of hydrogen-bond acceptors (Lipinski definition) is 4. The monoisotopic (exact) mass is 512 g/mol. The van der Waals surface area contributed by atoms with Gasteiger partial charge in [0.1, 0.15) is 11.5 Å². The molecule has 8 heteroatoms. The van der Waals surface area contributed by atoms with E-state index in [0.717, 1.165) is 11.1 Å². The Balaban J connectivity index is 0.00000420. The number of guanidine groups is 1. The summed E-state index contributed by atoms with van der Waals surface area (Å²) >= 11 is 0. The van der Waals surface area contributed by atoms with Crippen LogP contribution in [-0.4, -0.2) is 49.6 Å². The zero-order valence-corrected chi connectivity index (χ0v) is 19.6. The largest absolute Gasteiger partial charge is 0.508 e. The van der Waals surface area contributed by atoms with Crippen LogP contribution < -0.4 is 15.4 Å². The predicted molar refractivity (Wildman–Crippen MR) is 126 cm³/mol. The van der Waals surface area contributed by atoms with Gasteiger partial charge in [-0.05, 0) is 42.8 Å². The van der Waals surface area contributed by atoms with Crippen LogP contribution in [-0.2, 0) is 13.1 Å². The van der Waals surface area contributed by atoms with E-state index in [9.17, 15) is 9.90 Å². The molecule has 0 aromatic heterocycles. The van der Waals surface area contributed by atoms with Gasteiger partial charge in [0.15, 0.2) is 5.96 Å². The number of methoxy groups -OCH3 is 1. The number of aromatic hydroxyl groups is 1. The van der Waals surface area contributed by atoms with E-state index in [1.807, 2.05) is 31.2 Å². The summed E-state index contributed by atoms with van der Waals surface area (Å²) in [6.07, 6.45) is 0. The van der Waals surface area contributed by atoms with E-state index in [1.165, 1.54) is 0 Å². The first kappa shape index (κ1) is 24.5. The van der Waals surface area contributed by atoms with E-state index in [1.54, 1.807) is 44.3 Å². The molecular formula is C21H29IN4O3. The van der Waals surface area contributed by atoms with E-state index in [0.29, 0.717) is 36.9 Å². The molecule has 0 saturated carbocycles. The van der Waals surface area contributed by atoms with Crippen LogP contribution in [0.15, 0.2) is 47.5 Å². The first-order valence-corrected chi connectivity index (χ1v) is 9.13. The lowest BCUT2D eigenvalue weighted by atomic mass is 10.1. The quantitative estimate of drug-likeness (QED) is 0.302. The van der Waals surface area contributed by atoms with Gasteiger partial charge in [-0.25, -0.2) is 4.99 Å². The summed E-state index contributed by atoms with van der Waals surface area (Å²) < 4.78 is 5.20. The van der Waals surface area contributed by atoms with E-state index in [4.69, 9.17) is 4.74 Å². The number of nitrogens with zero attached hydrogens (tertiary/aromatic N) is 2. The van der Waals surface area contributed by atoms with Crippen LogP contribution >= 0.6 is 24.0 Å². The minimum Gasteiger partial charge on any atom is -0.508 e. The van der Waals surface area contributed by atoms with E-state index in [-0.39, 0.29) is 35.6 Å². The van der Waals surface area contributed by atoms with Crippen molar-refractivity contribution in [2.24, 2.45) is 4.99 Å². The molecule has 0 spiro atoms. The second-order valence-electron chi connectivity index (χ2n) is 6.44. The highest BCUT2D eigenvalue weighted by molar-refractivity contribution is 14.0. The van der Waals surface area contributed by atoms with Crippen LogP contribution in [0.1, 0.15) is 28.4 Å². The molecule has 0 saturated heterocycles. The Hall–Kier alpha value is -2.49. The van der Waals surface area contributed by atoms with Gasteiger partial charge in [-0.15, -0.1) is 24.0 Å². The van der Waals surface area contributed by atoms with Crippen LogP contribution in [0.3, 0.4) is 0 Å². The van der Waals surface area contributed by atoms with Crippen molar-refractivity contribution in [2.45, 2.75) is 20.0 Å². The Kier molecular flexibility index (Phi) is 10.3. The lowest BCUT2D eigenvalue weighted by molar-refractivity contribution is 0.0827. The average Bonchev–Trinajstić information content (AvgIpc) is 2.70. The van der Waals surface area contributed by atoms with Crippen LogP contribution in [0.4, 0.5) is 0 Å². The molecule has 2 aromatic rings. The third kappa shape index (κ3) is 7.45. The molecule has 158 valence electrons. The number of phenolic OH excluding ortho intramolecular Hbond substituents is 1. The van der Waals surface area contributed by atoms with Crippen molar-refractivity contribution in [1.29, 1.82) is 0 Å². The lowest BCUT2D eigenvalue weighted by Gasteiger charge is -2.13. The molecule has 0 atom stereocenters. The highest BCUT2D eigenvalue weighted by Gasteiger charge is 2.08. The summed E-state index contributed by atoms with van der Waals surface area (Å²) in [6.45, 7) is 3.58. The predicted octanol–water partition coefficient (Wildman–Crippen LogP) is 2.98. The molecule has 29 heavy (non-hydrogen) atoms. The van der Waals surface area contributed by atoms with Crippen LogP contribution in [0.2, 0.25) is 0 Å². The van der Waals surface area contributed by atoms with Crippen LogP contribution in [0.25, 0.3) is 0 Å². The number of hydrogen-bond donors (Lipinski definition) is 3. The van der Waals surface area contributed by atoms with Gasteiger partial charge in [0.2, 0.25) is 0 Å². The van der Waals surface area contributed by atoms with Crippen molar-refractivity contribution in [3.8, 4) is 11.5 Å². The summed E-state index contributed by atoms with van der Waals surface area (Å²) in [5, 5.41) is 16.4. The van der Waals surface area contributed by atoms with Gasteiger partial charge in [0.05, 0.1) is 13.7 Å². The molecule has 0 heterocycles. The van der Waals surface area contributed by atoms with Gasteiger partial charge in [-0.2, -0.15) is 0 Å². The fraction of sp³-hybridized carbons (Fsp3) is 0.333. The number of rotatable bonds is 7. The summed E-state index contributed by atoms with van der Waals surface area (Å²) in [5.74, 6) is 1.50. The number of phenols is 1. The molecule has 0 aliphatic rings. The number of halogens is 1. The number of aliphatic imine (C=N–C) groups is 1. The number of benzene rings is 2. The summed E-state index contributed by atoms with van der Waals surface area (Å²) in [7, 11) is 5.05. The zero-order chi connectivity index (χ0) is 20.5. The van der Waals surface area contributed by atoms with Crippen molar-refractivity contribution >= 4 is 35.8 Å². The second-order valence-corrected chi connectivity index (χ2v) is 6.44. The molecule has 0 bridgehead atoms. The van der Waals surface area contributed by atoms with Gasteiger partial charge in [0.25, 0.3) is 5.91 Å². The molecule has 2 aromatic carbocycles. The van der Waals surface area contributed by atoms with E-state index < -0.39 is 0 Å². The summed E-state index contributed by atoms with van der Waals surface area (Å²) in [6, 6.07) is 12.5. The molecule has 7 nitrogen and oxygen atoms in total. The van der Waals surface area contributed by atoms with Gasteiger partial charge in [-0.3, -0.25) is 4.79 Å². The minimum absolute atomic E-state index is 0. The molecule has 3 N–H and O–H groups in total. The van der Waals surface area contributed by atoms with Crippen molar-refractivity contribution in [3.63, 3.8) is 0 Å². The first-order chi connectivity index (χ1) is 13.4. The molecule has 0 unspecified atom stereocenters. The Bertz CT molecular complexity index is 823. The zero-order valence-electron chi connectivity index (χ0n) is 17.2. The molecular weight excluding hydrogens is 483 g/mol. The molecule has 0 fully saturated rings. The highest BCUT2D eigenvalue weighted by atomic mass is 127. The normalized spacial score (nSPS) is 10.7. The Morgan fingerprint density at radius 1 is 1.14 bits per heavy atom. The van der Waals surface area contributed by atoms with Crippen molar-refractivity contribution in [2.75, 3.05) is 27.7 Å². The number of amides is 1. The molecule has 1 amide bonds. The Morgan fingerprint density at radius 3 is 2.41 bits per heavy atom. The Morgan fingerprint density at radius 2 is 1.83 bits per heavy atom. The maximum absolute atomic E-state index is 11.9. The third-order valence-electron chi connectivity index (χ3n) is 4.10. The topological polar surface area (TPSA) is 86.2 Å². The smallest absolute Gasteiger partial charge is 0.253 e. The SMILES string of the molecule is CCNC(=NCc1ccc(C(=O)N(C)C)cc1)NCc1cc(OC)ccc1O.I. The summed E-state index contributed by atoms with van der Waals surface area (Å²) in [5.41, 5.74) is 2.37. The first-order valence-electron chi connectivity index (χ1n) is 9.13. The van der Waals surface area contributed by atoms with Crippen molar-refractivity contribution in [1.82, 2.24) is 15.5 Å². The van der Waals surface area contributed by atoms with Gasteiger partial charge < -0.3 is 25.4 Å². The minimum atomic E-state index is -0.0249. The summed E-state index contributed by atoms with van der Waals surface area (Å²) in [4.78, 5) is 18.1. The standard InChI is InChI=1S/C21H28N4O3.HI/c1-5-22-21(24-14-17-12-18(28-4)10-11-19(17)26)23-13-15-6-8-16(9-7-15)20(27)25(2)3;/h6-12,26H,5,13-14H2,1-4H3,(H2,22,23,24);1H. The molecule has 0 radical (unpaired) electrons. The number of carbonyl (C=O) groups is 1. The third-order valence-corrected chi connectivity index (χ3v) is 4.10. The van der Waals surface area contributed by atoms with E-state index >= 15 is 0 Å². The number of carbonyl (C=O) groups excluding carboxylic acids is 1. The average molecular weight is 512 g/mol. The number of nitrogens with one attached hydrogen (secondary N) is 2. The maximum atomic E-state index is 11.9. The Labute approximate surface area is 189 Å². The van der Waals surface area contributed by atoms with Gasteiger partial charge >= 0.3 is 0 Å². The van der Waals surface area contributed by atoms with Gasteiger partial charge in [0, 0.05) is 38.3 Å². The fourth-order valence-corrected chi connectivity index (χ4v) is 2.53.